The molecule has 0 aliphatic carbocycles. The minimum Gasteiger partial charge on any atom is -0.457 e. The lowest BCUT2D eigenvalue weighted by atomic mass is 10.0. The minimum absolute atomic E-state index is 0.0397. The van der Waals surface area contributed by atoms with E-state index in [2.05, 4.69) is 4.99 Å². The van der Waals surface area contributed by atoms with Crippen LogP contribution < -0.4 is 0 Å². The molecule has 0 bridgehead atoms. The third-order valence-electron chi connectivity index (χ3n) is 5.02. The third kappa shape index (κ3) is 3.69. The molecule has 0 amide bonds. The van der Waals surface area contributed by atoms with E-state index in [0.717, 1.165) is 22.9 Å². The molecule has 0 spiro atoms. The van der Waals surface area contributed by atoms with E-state index < -0.39 is 17.7 Å². The van der Waals surface area contributed by atoms with Crippen LogP contribution in [0, 0.1) is 0 Å². The van der Waals surface area contributed by atoms with Gasteiger partial charge in [-0.25, -0.2) is 9.79 Å². The first-order valence-electron chi connectivity index (χ1n) is 9.67. The highest BCUT2D eigenvalue weighted by Gasteiger charge is 2.30. The van der Waals surface area contributed by atoms with Crippen molar-refractivity contribution in [3.05, 3.63) is 101 Å². The van der Waals surface area contributed by atoms with E-state index in [9.17, 15) is 18.0 Å². The average molecular weight is 433 g/mol. The van der Waals surface area contributed by atoms with Gasteiger partial charge in [-0.1, -0.05) is 48.5 Å². The van der Waals surface area contributed by atoms with E-state index in [1.54, 1.807) is 6.07 Å². The zero-order chi connectivity index (χ0) is 22.3. The number of ether oxygens (including phenoxy) is 1. The van der Waals surface area contributed by atoms with Gasteiger partial charge in [-0.3, -0.25) is 0 Å². The van der Waals surface area contributed by atoms with Crippen LogP contribution in [0.5, 0.6) is 0 Å². The van der Waals surface area contributed by atoms with Crippen molar-refractivity contribution in [2.75, 3.05) is 0 Å². The van der Waals surface area contributed by atoms with Gasteiger partial charge in [0.2, 0.25) is 5.90 Å². The van der Waals surface area contributed by atoms with Gasteiger partial charge in [0.05, 0.1) is 5.56 Å². The average Bonchev–Trinajstić information content (AvgIpc) is 3.40. The number of nitrogens with zero attached hydrogens (tertiary/aromatic N) is 1. The van der Waals surface area contributed by atoms with Gasteiger partial charge in [-0.05, 0) is 41.1 Å². The van der Waals surface area contributed by atoms with Crippen LogP contribution in [-0.2, 0) is 15.7 Å². The van der Waals surface area contributed by atoms with E-state index in [4.69, 9.17) is 9.15 Å². The smallest absolute Gasteiger partial charge is 0.416 e. The van der Waals surface area contributed by atoms with Gasteiger partial charge in [0.15, 0.2) is 5.70 Å². The van der Waals surface area contributed by atoms with Crippen LogP contribution in [0.15, 0.2) is 94.0 Å². The normalized spacial score (nSPS) is 15.3. The van der Waals surface area contributed by atoms with Crippen molar-refractivity contribution in [3.63, 3.8) is 0 Å². The topological polar surface area (TPSA) is 51.8 Å². The van der Waals surface area contributed by atoms with Crippen molar-refractivity contribution in [2.45, 2.75) is 6.18 Å². The maximum atomic E-state index is 13.0. The Labute approximate surface area is 180 Å². The first kappa shape index (κ1) is 19.8. The highest BCUT2D eigenvalue weighted by atomic mass is 19.4. The van der Waals surface area contributed by atoms with E-state index in [1.807, 2.05) is 42.5 Å². The van der Waals surface area contributed by atoms with E-state index in [0.29, 0.717) is 5.56 Å². The molecule has 0 atom stereocenters. The first-order chi connectivity index (χ1) is 15.4. The number of hydrogen-bond acceptors (Lipinski definition) is 4. The van der Waals surface area contributed by atoms with Crippen LogP contribution >= 0.6 is 0 Å². The molecular formula is C25H14F3NO3. The van der Waals surface area contributed by atoms with Crippen LogP contribution in [0.4, 0.5) is 13.2 Å². The van der Waals surface area contributed by atoms with Crippen molar-refractivity contribution >= 4 is 28.7 Å². The number of rotatable bonds is 3. The highest BCUT2D eigenvalue weighted by Crippen LogP contribution is 2.33. The number of benzene rings is 3. The summed E-state index contributed by atoms with van der Waals surface area (Å²) < 4.78 is 49.9. The van der Waals surface area contributed by atoms with Crippen molar-refractivity contribution in [2.24, 2.45) is 4.99 Å². The van der Waals surface area contributed by atoms with Crippen molar-refractivity contribution in [3.8, 4) is 11.3 Å². The lowest BCUT2D eigenvalue weighted by molar-refractivity contribution is -0.137. The predicted octanol–water partition coefficient (Wildman–Crippen LogP) is 6.46. The summed E-state index contributed by atoms with van der Waals surface area (Å²) >= 11 is 0. The summed E-state index contributed by atoms with van der Waals surface area (Å²) in [4.78, 5) is 16.7. The molecule has 0 radical (unpaired) electrons. The minimum atomic E-state index is -4.45. The Bertz CT molecular complexity index is 1410. The molecule has 0 unspecified atom stereocenters. The lowest BCUT2D eigenvalue weighted by Gasteiger charge is -2.07. The molecule has 1 aromatic heterocycles. The number of hydrogen-bond donors (Lipinski definition) is 0. The Morgan fingerprint density at radius 3 is 2.50 bits per heavy atom. The number of carbonyl (C=O) groups excluding carboxylic acids is 1. The number of fused-ring (bicyclic) bond motifs is 1. The molecule has 3 aromatic carbocycles. The third-order valence-corrected chi connectivity index (χ3v) is 5.02. The zero-order valence-corrected chi connectivity index (χ0v) is 16.4. The Balaban J connectivity index is 1.47. The second kappa shape index (κ2) is 7.53. The fourth-order valence-corrected chi connectivity index (χ4v) is 3.51. The van der Waals surface area contributed by atoms with Crippen LogP contribution in [0.2, 0.25) is 0 Å². The maximum absolute atomic E-state index is 13.0. The molecule has 7 heteroatoms. The van der Waals surface area contributed by atoms with Gasteiger partial charge in [-0.15, -0.1) is 0 Å². The molecule has 0 fully saturated rings. The number of halogens is 3. The Hall–Kier alpha value is -4.13. The fraction of sp³-hybridized carbons (Fsp3) is 0.0400. The molecule has 0 saturated carbocycles. The second-order valence-electron chi connectivity index (χ2n) is 7.14. The Kier molecular flexibility index (Phi) is 4.66. The lowest BCUT2D eigenvalue weighted by Crippen LogP contribution is -2.05. The standard InChI is InChI=1S/C25H14F3NO3/c26-25(27,28)17-8-3-7-16(13-17)22-12-11-18(31-22)14-21-24(30)32-23(29-21)20-10-4-6-15-5-1-2-9-19(15)20/h1-14H/b21-14-. The zero-order valence-electron chi connectivity index (χ0n) is 16.4. The number of aliphatic imine (C=N–C) groups is 1. The summed E-state index contributed by atoms with van der Waals surface area (Å²) in [6, 6.07) is 21.2. The quantitative estimate of drug-likeness (QED) is 0.275. The van der Waals surface area contributed by atoms with Crippen LogP contribution in [0.3, 0.4) is 0 Å². The van der Waals surface area contributed by atoms with E-state index in [-0.39, 0.29) is 28.7 Å². The van der Waals surface area contributed by atoms with E-state index >= 15 is 0 Å². The molecule has 4 aromatic rings. The number of esters is 1. The maximum Gasteiger partial charge on any atom is 0.416 e. The van der Waals surface area contributed by atoms with Crippen LogP contribution in [0.25, 0.3) is 28.2 Å². The highest BCUT2D eigenvalue weighted by molar-refractivity contribution is 6.17. The predicted molar refractivity (Wildman–Crippen MR) is 114 cm³/mol. The van der Waals surface area contributed by atoms with Gasteiger partial charge < -0.3 is 9.15 Å². The number of alkyl halides is 3. The molecule has 5 rings (SSSR count). The Morgan fingerprint density at radius 1 is 0.875 bits per heavy atom. The molecule has 2 heterocycles. The van der Waals surface area contributed by atoms with Crippen molar-refractivity contribution < 1.29 is 27.1 Å². The van der Waals surface area contributed by atoms with Gasteiger partial charge in [-0.2, -0.15) is 13.2 Å². The molecule has 0 N–H and O–H groups in total. The molecule has 158 valence electrons. The van der Waals surface area contributed by atoms with Crippen molar-refractivity contribution in [1.82, 2.24) is 0 Å². The molecule has 0 saturated heterocycles. The molecular weight excluding hydrogens is 419 g/mol. The number of furan rings is 1. The summed E-state index contributed by atoms with van der Waals surface area (Å²) in [5.41, 5.74) is 0.232. The van der Waals surface area contributed by atoms with Crippen molar-refractivity contribution in [1.29, 1.82) is 0 Å². The molecule has 1 aliphatic heterocycles. The number of cyclic esters (lactones) is 1. The number of carbonyl (C=O) groups is 1. The first-order valence-corrected chi connectivity index (χ1v) is 9.67. The molecule has 1 aliphatic rings. The SMILES string of the molecule is O=C1OC(c2cccc3ccccc23)=N/C1=C\c1ccc(-c2cccc(C(F)(F)F)c2)o1. The van der Waals surface area contributed by atoms with Crippen LogP contribution in [-0.4, -0.2) is 11.9 Å². The van der Waals surface area contributed by atoms with Gasteiger partial charge in [0.25, 0.3) is 0 Å². The van der Waals surface area contributed by atoms with Gasteiger partial charge in [0.1, 0.15) is 11.5 Å². The summed E-state index contributed by atoms with van der Waals surface area (Å²) in [6.07, 6.45) is -3.05. The van der Waals surface area contributed by atoms with Crippen LogP contribution in [0.1, 0.15) is 16.9 Å². The van der Waals surface area contributed by atoms with Gasteiger partial charge in [0, 0.05) is 17.2 Å². The fourth-order valence-electron chi connectivity index (χ4n) is 3.51. The largest absolute Gasteiger partial charge is 0.457 e. The van der Waals surface area contributed by atoms with Gasteiger partial charge >= 0.3 is 12.1 Å². The summed E-state index contributed by atoms with van der Waals surface area (Å²) in [7, 11) is 0. The second-order valence-corrected chi connectivity index (χ2v) is 7.14. The summed E-state index contributed by atoms with van der Waals surface area (Å²) in [6.45, 7) is 0. The Morgan fingerprint density at radius 2 is 1.66 bits per heavy atom. The summed E-state index contributed by atoms with van der Waals surface area (Å²) in [5.74, 6) is 0.0625. The monoisotopic (exact) mass is 433 g/mol. The molecule has 32 heavy (non-hydrogen) atoms. The summed E-state index contributed by atoms with van der Waals surface area (Å²) in [5, 5.41) is 1.88. The molecule has 4 nitrogen and oxygen atoms in total. The van der Waals surface area contributed by atoms with E-state index in [1.165, 1.54) is 24.3 Å².